The molecule has 0 radical (unpaired) electrons. The summed E-state index contributed by atoms with van der Waals surface area (Å²) < 4.78 is 19.4. The van der Waals surface area contributed by atoms with Crippen LogP contribution in [0.1, 0.15) is 26.7 Å². The quantitative estimate of drug-likeness (QED) is 0.439. The lowest BCUT2D eigenvalue weighted by molar-refractivity contribution is -0.0728. The number of imidazole rings is 1. The minimum Gasteiger partial charge on any atom is -0.497 e. The van der Waals surface area contributed by atoms with Gasteiger partial charge >= 0.3 is 17.8 Å². The predicted molar refractivity (Wildman–Crippen MR) is 143 cm³/mol. The van der Waals surface area contributed by atoms with Crippen molar-refractivity contribution >= 4 is 23.2 Å². The van der Waals surface area contributed by atoms with Crippen molar-refractivity contribution in [1.29, 1.82) is 0 Å². The summed E-state index contributed by atoms with van der Waals surface area (Å²) in [7, 11) is 1.59. The number of hydrogen-bond acceptors (Lipinski definition) is 7. The molecule has 1 aromatic heterocycles. The maximum Gasteiger partial charge on any atom is 0.404 e. The molecule has 0 saturated carbocycles. The monoisotopic (exact) mass is 525 g/mol. The fraction of sp³-hybridized carbons (Fsp3) is 0.444. The molecule has 2 unspecified atom stereocenters. The zero-order chi connectivity index (χ0) is 27.2. The number of nitrogens with zero attached hydrogens (tertiary/aromatic N) is 3. The standard InChI is InChI=1S/C27H35N5O6/c1-4-31-22-7-5-6-8-23(22)32(27(31)35)26(34)29-17-19-13-15-30(16-14-19)24(18(2)37-25(28)33)38-21-11-9-20(36-3)10-12-21/h5-12,18-19,24H,4,13-17H2,1-3H3,(H2,28,33)(H,29,34). The van der Waals surface area contributed by atoms with E-state index < -0.39 is 24.5 Å². The third-order valence-corrected chi connectivity index (χ3v) is 6.93. The number of piperidine rings is 1. The normalized spacial score (nSPS) is 16.1. The van der Waals surface area contributed by atoms with E-state index in [4.69, 9.17) is 19.9 Å². The summed E-state index contributed by atoms with van der Waals surface area (Å²) >= 11 is 0. The lowest BCUT2D eigenvalue weighted by atomic mass is 9.96. The van der Waals surface area contributed by atoms with Crippen LogP contribution in [-0.4, -0.2) is 65.2 Å². The summed E-state index contributed by atoms with van der Waals surface area (Å²) in [6.07, 6.45) is -0.424. The number of carbonyl (C=O) groups is 2. The Hall–Kier alpha value is -3.99. The Labute approximate surface area is 221 Å². The lowest BCUT2D eigenvalue weighted by Gasteiger charge is -2.39. The number of nitrogens with one attached hydrogen (secondary N) is 1. The molecule has 204 valence electrons. The third kappa shape index (κ3) is 5.94. The first-order valence-corrected chi connectivity index (χ1v) is 12.8. The second-order valence-electron chi connectivity index (χ2n) is 9.34. The van der Waals surface area contributed by atoms with Crippen molar-refractivity contribution < 1.29 is 23.8 Å². The maximum atomic E-state index is 13.0. The van der Waals surface area contributed by atoms with Crippen molar-refractivity contribution in [3.05, 3.63) is 59.0 Å². The molecule has 2 aromatic carbocycles. The second-order valence-corrected chi connectivity index (χ2v) is 9.34. The van der Waals surface area contributed by atoms with Gasteiger partial charge in [0.25, 0.3) is 0 Å². The van der Waals surface area contributed by atoms with Crippen LogP contribution < -0.4 is 26.2 Å². The number of para-hydroxylation sites is 2. The number of carbonyl (C=O) groups excluding carboxylic acids is 2. The summed E-state index contributed by atoms with van der Waals surface area (Å²) in [6, 6.07) is 14.0. The van der Waals surface area contributed by atoms with Crippen LogP contribution in [0, 0.1) is 5.92 Å². The van der Waals surface area contributed by atoms with Gasteiger partial charge in [-0.1, -0.05) is 12.1 Å². The van der Waals surface area contributed by atoms with Gasteiger partial charge in [0.05, 0.1) is 18.1 Å². The van der Waals surface area contributed by atoms with Crippen LogP contribution in [0.2, 0.25) is 0 Å². The molecule has 2 amide bonds. The van der Waals surface area contributed by atoms with Gasteiger partial charge in [-0.3, -0.25) is 9.47 Å². The smallest absolute Gasteiger partial charge is 0.404 e. The molecular formula is C27H35N5O6. The van der Waals surface area contributed by atoms with Crippen LogP contribution in [0.5, 0.6) is 11.5 Å². The number of aryl methyl sites for hydroxylation is 1. The Morgan fingerprint density at radius 1 is 1.05 bits per heavy atom. The molecule has 38 heavy (non-hydrogen) atoms. The van der Waals surface area contributed by atoms with Crippen LogP contribution >= 0.6 is 0 Å². The Morgan fingerprint density at radius 3 is 2.29 bits per heavy atom. The molecule has 4 rings (SSSR count). The molecule has 1 aliphatic heterocycles. The van der Waals surface area contributed by atoms with E-state index in [1.807, 2.05) is 25.1 Å². The van der Waals surface area contributed by atoms with E-state index in [2.05, 4.69) is 10.2 Å². The second kappa shape index (κ2) is 12.0. The molecule has 3 N–H and O–H groups in total. The third-order valence-electron chi connectivity index (χ3n) is 6.93. The van der Waals surface area contributed by atoms with Crippen LogP contribution in [0.25, 0.3) is 11.0 Å². The van der Waals surface area contributed by atoms with Gasteiger partial charge in [-0.15, -0.1) is 0 Å². The fourth-order valence-corrected chi connectivity index (χ4v) is 4.93. The number of methoxy groups -OCH3 is 1. The van der Waals surface area contributed by atoms with Gasteiger partial charge in [0, 0.05) is 26.2 Å². The van der Waals surface area contributed by atoms with Crippen molar-refractivity contribution in [3.63, 3.8) is 0 Å². The Balaban J connectivity index is 1.38. The number of benzene rings is 2. The first-order valence-electron chi connectivity index (χ1n) is 12.8. The molecule has 1 aliphatic rings. The molecule has 0 spiro atoms. The first-order chi connectivity index (χ1) is 18.3. The largest absolute Gasteiger partial charge is 0.497 e. The highest BCUT2D eigenvalue weighted by molar-refractivity contribution is 5.89. The molecular weight excluding hydrogens is 490 g/mol. The van der Waals surface area contributed by atoms with Gasteiger partial charge in [0.15, 0.2) is 12.3 Å². The van der Waals surface area contributed by atoms with E-state index in [1.54, 1.807) is 48.9 Å². The fourth-order valence-electron chi connectivity index (χ4n) is 4.93. The molecule has 11 nitrogen and oxygen atoms in total. The van der Waals surface area contributed by atoms with Crippen molar-refractivity contribution in [2.45, 2.75) is 45.6 Å². The van der Waals surface area contributed by atoms with E-state index in [9.17, 15) is 14.4 Å². The number of ether oxygens (including phenoxy) is 3. The molecule has 0 aliphatic carbocycles. The summed E-state index contributed by atoms with van der Waals surface area (Å²) in [5.41, 5.74) is 6.25. The Morgan fingerprint density at radius 2 is 1.68 bits per heavy atom. The van der Waals surface area contributed by atoms with Gasteiger partial charge in [-0.25, -0.2) is 19.0 Å². The highest BCUT2D eigenvalue weighted by atomic mass is 16.6. The van der Waals surface area contributed by atoms with E-state index in [0.717, 1.165) is 18.4 Å². The topological polar surface area (TPSA) is 130 Å². The Bertz CT molecular complexity index is 1310. The van der Waals surface area contributed by atoms with Crippen molar-refractivity contribution in [3.8, 4) is 11.5 Å². The van der Waals surface area contributed by atoms with Crippen LogP contribution in [0.4, 0.5) is 9.59 Å². The lowest BCUT2D eigenvalue weighted by Crippen LogP contribution is -2.52. The van der Waals surface area contributed by atoms with Gasteiger partial charge in [0.1, 0.15) is 11.5 Å². The number of amides is 2. The van der Waals surface area contributed by atoms with E-state index in [1.165, 1.54) is 4.57 Å². The first kappa shape index (κ1) is 27.1. The Kier molecular flexibility index (Phi) is 8.57. The van der Waals surface area contributed by atoms with Crippen LogP contribution in [-0.2, 0) is 11.3 Å². The molecule has 0 bridgehead atoms. The van der Waals surface area contributed by atoms with E-state index in [0.29, 0.717) is 43.2 Å². The summed E-state index contributed by atoms with van der Waals surface area (Å²) in [5, 5.41) is 2.95. The summed E-state index contributed by atoms with van der Waals surface area (Å²) in [5.74, 6) is 1.54. The summed E-state index contributed by atoms with van der Waals surface area (Å²) in [6.45, 7) is 5.89. The van der Waals surface area contributed by atoms with Crippen LogP contribution in [0.3, 0.4) is 0 Å². The average Bonchev–Trinajstić information content (AvgIpc) is 3.21. The number of primary amides is 1. The highest BCUT2D eigenvalue weighted by Gasteiger charge is 2.32. The minimum atomic E-state index is -0.863. The van der Waals surface area contributed by atoms with Gasteiger partial charge < -0.3 is 25.3 Å². The maximum absolute atomic E-state index is 13.0. The molecule has 2 heterocycles. The van der Waals surface area contributed by atoms with E-state index >= 15 is 0 Å². The number of hydrogen-bond donors (Lipinski definition) is 2. The SMILES string of the molecule is CCn1c(=O)n(C(=O)NCC2CCN(C(Oc3ccc(OC)cc3)C(C)OC(N)=O)CC2)c2ccccc21. The number of fused-ring (bicyclic) bond motifs is 1. The van der Waals surface area contributed by atoms with E-state index in [-0.39, 0.29) is 11.6 Å². The summed E-state index contributed by atoms with van der Waals surface area (Å²) in [4.78, 5) is 39.4. The highest BCUT2D eigenvalue weighted by Crippen LogP contribution is 2.25. The average molecular weight is 526 g/mol. The zero-order valence-electron chi connectivity index (χ0n) is 22.0. The number of aromatic nitrogens is 2. The zero-order valence-corrected chi connectivity index (χ0v) is 22.0. The van der Waals surface area contributed by atoms with Gasteiger partial charge in [-0.05, 0) is 69.0 Å². The van der Waals surface area contributed by atoms with Gasteiger partial charge in [0.2, 0.25) is 0 Å². The van der Waals surface area contributed by atoms with Crippen molar-refractivity contribution in [1.82, 2.24) is 19.4 Å². The molecule has 2 atom stereocenters. The number of nitrogens with two attached hydrogens (primary N) is 1. The molecule has 1 fully saturated rings. The molecule has 11 heteroatoms. The van der Waals surface area contributed by atoms with Crippen molar-refractivity contribution in [2.75, 3.05) is 26.7 Å². The molecule has 3 aromatic rings. The number of likely N-dealkylation sites (tertiary alicyclic amines) is 1. The van der Waals surface area contributed by atoms with Crippen molar-refractivity contribution in [2.24, 2.45) is 11.7 Å². The number of rotatable bonds is 9. The predicted octanol–water partition coefficient (Wildman–Crippen LogP) is 2.99. The minimum absolute atomic E-state index is 0.222. The van der Waals surface area contributed by atoms with Crippen LogP contribution in [0.15, 0.2) is 53.3 Å². The van der Waals surface area contributed by atoms with Gasteiger partial charge in [-0.2, -0.15) is 0 Å². The molecule has 1 saturated heterocycles.